The van der Waals surface area contributed by atoms with E-state index in [1.165, 1.54) is 10.6 Å². The van der Waals surface area contributed by atoms with E-state index >= 15 is 0 Å². The molecule has 0 bridgehead atoms. The van der Waals surface area contributed by atoms with Gasteiger partial charge in [-0.25, -0.2) is 25.9 Å². The third-order valence-electron chi connectivity index (χ3n) is 3.71. The first kappa shape index (κ1) is 17.4. The molecule has 1 saturated heterocycles. The van der Waals surface area contributed by atoms with Crippen LogP contribution in [-0.2, 0) is 25.8 Å². The predicted molar refractivity (Wildman–Crippen MR) is 86.4 cm³/mol. The summed E-state index contributed by atoms with van der Waals surface area (Å²) in [5.41, 5.74) is 1.77. The second kappa shape index (κ2) is 6.66. The van der Waals surface area contributed by atoms with Gasteiger partial charge >= 0.3 is 0 Å². The van der Waals surface area contributed by atoms with Crippen molar-refractivity contribution in [3.63, 3.8) is 0 Å². The molecule has 1 N–H and O–H groups in total. The molecule has 0 atom stereocenters. The van der Waals surface area contributed by atoms with E-state index in [1.54, 1.807) is 6.07 Å². The zero-order valence-electron chi connectivity index (χ0n) is 12.8. The molecule has 0 unspecified atom stereocenters. The summed E-state index contributed by atoms with van der Waals surface area (Å²) in [6.07, 6.45) is 2.18. The van der Waals surface area contributed by atoms with Crippen molar-refractivity contribution in [2.75, 3.05) is 19.3 Å². The number of nitrogens with zero attached hydrogens (tertiary/aromatic N) is 1. The largest absolute Gasteiger partial charge is 0.216 e. The number of benzene rings is 1. The molecular weight excluding hydrogens is 324 g/mol. The van der Waals surface area contributed by atoms with Crippen LogP contribution in [0, 0.1) is 6.92 Å². The highest BCUT2D eigenvalue weighted by Gasteiger charge is 2.27. The Morgan fingerprint density at radius 3 is 2.36 bits per heavy atom. The van der Waals surface area contributed by atoms with Gasteiger partial charge in [-0.2, -0.15) is 0 Å². The Balaban J connectivity index is 1.93. The first-order valence-electron chi connectivity index (χ1n) is 7.16. The fourth-order valence-corrected chi connectivity index (χ4v) is 4.94. The molecule has 22 heavy (non-hydrogen) atoms. The van der Waals surface area contributed by atoms with Crippen molar-refractivity contribution in [2.24, 2.45) is 0 Å². The molecule has 0 saturated carbocycles. The van der Waals surface area contributed by atoms with Gasteiger partial charge in [0.1, 0.15) is 0 Å². The Bertz CT molecular complexity index is 721. The maximum absolute atomic E-state index is 12.2. The number of hydrogen-bond donors (Lipinski definition) is 1. The van der Waals surface area contributed by atoms with E-state index in [0.29, 0.717) is 25.9 Å². The molecule has 8 heteroatoms. The zero-order valence-corrected chi connectivity index (χ0v) is 14.5. The molecule has 2 rings (SSSR count). The van der Waals surface area contributed by atoms with Crippen molar-refractivity contribution in [3.8, 4) is 0 Å². The molecule has 1 fully saturated rings. The number of nitrogens with one attached hydrogen (secondary N) is 1. The Morgan fingerprint density at radius 2 is 1.82 bits per heavy atom. The lowest BCUT2D eigenvalue weighted by Crippen LogP contribution is -2.46. The number of piperidine rings is 1. The lowest BCUT2D eigenvalue weighted by molar-refractivity contribution is 0.310. The molecule has 0 radical (unpaired) electrons. The minimum Gasteiger partial charge on any atom is -0.213 e. The summed E-state index contributed by atoms with van der Waals surface area (Å²) in [6.45, 7) is 2.64. The lowest BCUT2D eigenvalue weighted by Gasteiger charge is -2.30. The van der Waals surface area contributed by atoms with E-state index in [2.05, 4.69) is 4.72 Å². The third kappa shape index (κ3) is 5.05. The smallest absolute Gasteiger partial charge is 0.213 e. The van der Waals surface area contributed by atoms with Gasteiger partial charge in [-0.15, -0.1) is 0 Å². The molecule has 1 aliphatic rings. The van der Waals surface area contributed by atoms with Crippen LogP contribution in [-0.4, -0.2) is 46.5 Å². The molecule has 0 aliphatic carbocycles. The van der Waals surface area contributed by atoms with Crippen LogP contribution in [0.3, 0.4) is 0 Å². The summed E-state index contributed by atoms with van der Waals surface area (Å²) in [6, 6.07) is 7.20. The number of hydrogen-bond acceptors (Lipinski definition) is 4. The van der Waals surface area contributed by atoms with E-state index in [0.717, 1.165) is 11.1 Å². The highest BCUT2D eigenvalue weighted by Crippen LogP contribution is 2.15. The lowest BCUT2D eigenvalue weighted by atomic mass is 10.1. The summed E-state index contributed by atoms with van der Waals surface area (Å²) in [7, 11) is -6.61. The zero-order chi connectivity index (χ0) is 16.4. The molecule has 1 aromatic carbocycles. The molecule has 124 valence electrons. The van der Waals surface area contributed by atoms with Gasteiger partial charge in [0.15, 0.2) is 0 Å². The van der Waals surface area contributed by atoms with E-state index in [4.69, 9.17) is 0 Å². The summed E-state index contributed by atoms with van der Waals surface area (Å²) in [5.74, 6) is -0.0546. The number of aryl methyl sites for hydroxylation is 1. The van der Waals surface area contributed by atoms with Gasteiger partial charge in [-0.05, 0) is 25.3 Å². The fourth-order valence-electron chi connectivity index (χ4n) is 2.62. The average Bonchev–Trinajstić information content (AvgIpc) is 2.37. The van der Waals surface area contributed by atoms with Gasteiger partial charge in [0, 0.05) is 19.1 Å². The minimum absolute atomic E-state index is 0.0546. The first-order chi connectivity index (χ1) is 10.2. The minimum atomic E-state index is -3.42. The van der Waals surface area contributed by atoms with Crippen LogP contribution in [0.4, 0.5) is 0 Å². The molecule has 6 nitrogen and oxygen atoms in total. The van der Waals surface area contributed by atoms with Crippen LogP contribution in [0.2, 0.25) is 0 Å². The summed E-state index contributed by atoms with van der Waals surface area (Å²) in [4.78, 5) is 0. The van der Waals surface area contributed by atoms with Gasteiger partial charge in [0.25, 0.3) is 0 Å². The molecule has 1 aliphatic heterocycles. The van der Waals surface area contributed by atoms with Crippen molar-refractivity contribution in [1.29, 1.82) is 0 Å². The normalized spacial score (nSPS) is 18.5. The topological polar surface area (TPSA) is 83.6 Å². The van der Waals surface area contributed by atoms with Gasteiger partial charge < -0.3 is 0 Å². The fraction of sp³-hybridized carbons (Fsp3) is 0.571. The van der Waals surface area contributed by atoms with Crippen LogP contribution in [0.1, 0.15) is 24.0 Å². The molecule has 1 heterocycles. The predicted octanol–water partition coefficient (Wildman–Crippen LogP) is 0.838. The van der Waals surface area contributed by atoms with Crippen molar-refractivity contribution in [2.45, 2.75) is 31.6 Å². The molecule has 0 spiro atoms. The Morgan fingerprint density at radius 1 is 1.18 bits per heavy atom. The average molecular weight is 346 g/mol. The molecule has 0 amide bonds. The SMILES string of the molecule is Cc1cccc(CS(=O)(=O)NC2CCN(S(C)(=O)=O)CC2)c1. The second-order valence-corrected chi connectivity index (χ2v) is 9.54. The highest BCUT2D eigenvalue weighted by atomic mass is 32.2. The summed E-state index contributed by atoms with van der Waals surface area (Å²) < 4.78 is 51.4. The van der Waals surface area contributed by atoms with Crippen LogP contribution in [0.25, 0.3) is 0 Å². The van der Waals surface area contributed by atoms with E-state index < -0.39 is 20.0 Å². The summed E-state index contributed by atoms with van der Waals surface area (Å²) in [5, 5.41) is 0. The van der Waals surface area contributed by atoms with Gasteiger partial charge in [0.2, 0.25) is 20.0 Å². The molecule has 1 aromatic rings. The van der Waals surface area contributed by atoms with E-state index in [-0.39, 0.29) is 11.8 Å². The maximum atomic E-state index is 12.2. The summed E-state index contributed by atoms with van der Waals surface area (Å²) >= 11 is 0. The van der Waals surface area contributed by atoms with E-state index in [1.807, 2.05) is 25.1 Å². The van der Waals surface area contributed by atoms with Crippen LogP contribution >= 0.6 is 0 Å². The van der Waals surface area contributed by atoms with Gasteiger partial charge in [0.05, 0.1) is 12.0 Å². The molecule has 0 aromatic heterocycles. The number of sulfonamides is 2. The first-order valence-corrected chi connectivity index (χ1v) is 10.7. The maximum Gasteiger partial charge on any atom is 0.216 e. The van der Waals surface area contributed by atoms with E-state index in [9.17, 15) is 16.8 Å². The quantitative estimate of drug-likeness (QED) is 0.856. The highest BCUT2D eigenvalue weighted by molar-refractivity contribution is 7.88. The Labute approximate surface area is 132 Å². The number of rotatable bonds is 5. The van der Waals surface area contributed by atoms with Crippen LogP contribution in [0.5, 0.6) is 0 Å². The van der Waals surface area contributed by atoms with Gasteiger partial charge in [-0.1, -0.05) is 29.8 Å². The van der Waals surface area contributed by atoms with Crippen molar-refractivity contribution >= 4 is 20.0 Å². The monoisotopic (exact) mass is 346 g/mol. The molecular formula is C14H22N2O4S2. The standard InChI is InChI=1S/C14H22N2O4S2/c1-12-4-3-5-13(10-12)11-22(19,20)15-14-6-8-16(9-7-14)21(2,17)18/h3-5,10,14-15H,6-9,11H2,1-2H3. The third-order valence-corrected chi connectivity index (χ3v) is 6.42. The Kier molecular flexibility index (Phi) is 5.26. The second-order valence-electron chi connectivity index (χ2n) is 5.80. The van der Waals surface area contributed by atoms with Gasteiger partial charge in [-0.3, -0.25) is 0 Å². The van der Waals surface area contributed by atoms with Crippen molar-refractivity contribution in [3.05, 3.63) is 35.4 Å². The Hall–Kier alpha value is -0.960. The van der Waals surface area contributed by atoms with Crippen LogP contribution < -0.4 is 4.72 Å². The van der Waals surface area contributed by atoms with Crippen molar-refractivity contribution in [1.82, 2.24) is 9.03 Å². The van der Waals surface area contributed by atoms with Crippen LogP contribution in [0.15, 0.2) is 24.3 Å². The van der Waals surface area contributed by atoms with Crippen molar-refractivity contribution < 1.29 is 16.8 Å².